The van der Waals surface area contributed by atoms with Crippen LogP contribution in [0.25, 0.3) is 0 Å². The van der Waals surface area contributed by atoms with Crippen LogP contribution in [0.1, 0.15) is 15.3 Å². The van der Waals surface area contributed by atoms with E-state index in [0.717, 1.165) is 15.3 Å². The molecule has 0 saturated heterocycles. The lowest BCUT2D eigenvalue weighted by Gasteiger charge is -2.08. The van der Waals surface area contributed by atoms with Crippen molar-refractivity contribution in [3.05, 3.63) is 48.8 Å². The van der Waals surface area contributed by atoms with Crippen molar-refractivity contribution in [3.63, 3.8) is 0 Å². The van der Waals surface area contributed by atoms with Crippen LogP contribution >= 0.6 is 38.9 Å². The number of nitrogens with two attached hydrogens (primary N) is 1. The van der Waals surface area contributed by atoms with E-state index in [1.54, 1.807) is 11.3 Å². The van der Waals surface area contributed by atoms with Crippen LogP contribution in [0.3, 0.4) is 0 Å². The highest BCUT2D eigenvalue weighted by Gasteiger charge is 2.10. The van der Waals surface area contributed by atoms with Gasteiger partial charge in [0, 0.05) is 27.9 Å². The smallest absolute Gasteiger partial charge is 0.145 e. The molecule has 2 N–H and O–H groups in total. The van der Waals surface area contributed by atoms with Crippen molar-refractivity contribution in [3.8, 4) is 5.75 Å². The second-order valence-corrected chi connectivity index (χ2v) is 6.59. The molecule has 0 bridgehead atoms. The van der Waals surface area contributed by atoms with E-state index in [1.165, 1.54) is 12.1 Å². The molecular formula is C13H12BrClFNOS. The number of rotatable bonds is 4. The van der Waals surface area contributed by atoms with Crippen LogP contribution in [-0.4, -0.2) is 0 Å². The zero-order chi connectivity index (χ0) is 14.0. The summed E-state index contributed by atoms with van der Waals surface area (Å²) in [7, 11) is 0. The van der Waals surface area contributed by atoms with Crippen LogP contribution in [0.4, 0.5) is 4.39 Å². The van der Waals surface area contributed by atoms with Gasteiger partial charge in [0.15, 0.2) is 0 Å². The Hall–Kier alpha value is -0.620. The number of ether oxygens (including phenoxy) is 1. The number of thiophene rings is 1. The summed E-state index contributed by atoms with van der Waals surface area (Å²) in [6, 6.07) is 4.77. The van der Waals surface area contributed by atoms with Gasteiger partial charge in [0.1, 0.15) is 18.2 Å². The van der Waals surface area contributed by atoms with E-state index in [0.29, 0.717) is 23.4 Å². The van der Waals surface area contributed by atoms with E-state index < -0.39 is 5.82 Å². The van der Waals surface area contributed by atoms with Crippen LogP contribution in [-0.2, 0) is 13.2 Å². The minimum atomic E-state index is -0.496. The minimum Gasteiger partial charge on any atom is -0.488 e. The van der Waals surface area contributed by atoms with Crippen LogP contribution in [0.2, 0.25) is 5.02 Å². The number of hydrogen-bond donors (Lipinski definition) is 1. The van der Waals surface area contributed by atoms with E-state index in [-0.39, 0.29) is 5.02 Å². The Morgan fingerprint density at radius 2 is 2.16 bits per heavy atom. The molecular weight excluding hydrogens is 353 g/mol. The van der Waals surface area contributed by atoms with Gasteiger partial charge < -0.3 is 10.5 Å². The molecule has 1 aromatic heterocycles. The SMILES string of the molecule is Cc1sc(CN)cc1COc1cc(F)c(Cl)cc1Br. The number of hydrogen-bond acceptors (Lipinski definition) is 3. The van der Waals surface area contributed by atoms with Crippen molar-refractivity contribution in [2.75, 3.05) is 0 Å². The summed E-state index contributed by atoms with van der Waals surface area (Å²) >= 11 is 10.6. The molecule has 2 rings (SSSR count). The molecule has 2 aromatic rings. The van der Waals surface area contributed by atoms with Gasteiger partial charge in [-0.1, -0.05) is 11.6 Å². The van der Waals surface area contributed by atoms with Gasteiger partial charge in [-0.05, 0) is 35.0 Å². The Labute approximate surface area is 128 Å². The highest BCUT2D eigenvalue weighted by molar-refractivity contribution is 9.10. The molecule has 0 amide bonds. The Bertz CT molecular complexity index is 603. The molecule has 102 valence electrons. The molecule has 0 aliphatic rings. The summed E-state index contributed by atoms with van der Waals surface area (Å²) in [5.41, 5.74) is 6.66. The molecule has 19 heavy (non-hydrogen) atoms. The molecule has 2 nitrogen and oxygen atoms in total. The number of benzene rings is 1. The predicted molar refractivity (Wildman–Crippen MR) is 80.4 cm³/mol. The van der Waals surface area contributed by atoms with Gasteiger partial charge in [0.2, 0.25) is 0 Å². The van der Waals surface area contributed by atoms with E-state index in [9.17, 15) is 4.39 Å². The van der Waals surface area contributed by atoms with Gasteiger partial charge in [-0.25, -0.2) is 4.39 Å². The lowest BCUT2D eigenvalue weighted by Crippen LogP contribution is -1.97. The normalized spacial score (nSPS) is 10.8. The van der Waals surface area contributed by atoms with Crippen LogP contribution in [0.5, 0.6) is 5.75 Å². The summed E-state index contributed by atoms with van der Waals surface area (Å²) < 4.78 is 19.6. The molecule has 0 radical (unpaired) electrons. The Kier molecular flexibility index (Phi) is 4.84. The third kappa shape index (κ3) is 3.48. The van der Waals surface area contributed by atoms with Gasteiger partial charge >= 0.3 is 0 Å². The molecule has 0 unspecified atom stereocenters. The zero-order valence-electron chi connectivity index (χ0n) is 10.2. The van der Waals surface area contributed by atoms with Crippen LogP contribution in [0, 0.1) is 12.7 Å². The van der Waals surface area contributed by atoms with Gasteiger partial charge in [-0.2, -0.15) is 0 Å². The predicted octanol–water partition coefficient (Wildman–Crippen LogP) is 4.65. The fourth-order valence-electron chi connectivity index (χ4n) is 1.60. The molecule has 6 heteroatoms. The largest absolute Gasteiger partial charge is 0.488 e. The van der Waals surface area contributed by atoms with Crippen molar-refractivity contribution in [2.45, 2.75) is 20.1 Å². The Balaban J connectivity index is 2.14. The third-order valence-electron chi connectivity index (χ3n) is 2.63. The highest BCUT2D eigenvalue weighted by atomic mass is 79.9. The molecule has 0 atom stereocenters. The second kappa shape index (κ2) is 6.22. The first-order chi connectivity index (χ1) is 9.01. The maximum Gasteiger partial charge on any atom is 0.145 e. The lowest BCUT2D eigenvalue weighted by atomic mass is 10.2. The summed E-state index contributed by atoms with van der Waals surface area (Å²) in [5.74, 6) is -0.0636. The lowest BCUT2D eigenvalue weighted by molar-refractivity contribution is 0.302. The average molecular weight is 365 g/mol. The maximum atomic E-state index is 13.4. The monoisotopic (exact) mass is 363 g/mol. The molecule has 1 aromatic carbocycles. The fourth-order valence-corrected chi connectivity index (χ4v) is 3.28. The van der Waals surface area contributed by atoms with Crippen molar-refractivity contribution >= 4 is 38.9 Å². The van der Waals surface area contributed by atoms with Gasteiger partial charge in [-0.15, -0.1) is 11.3 Å². The van der Waals surface area contributed by atoms with Crippen molar-refractivity contribution in [1.29, 1.82) is 0 Å². The summed E-state index contributed by atoms with van der Waals surface area (Å²) in [4.78, 5) is 2.27. The maximum absolute atomic E-state index is 13.4. The average Bonchev–Trinajstić information content (AvgIpc) is 2.73. The molecule has 1 heterocycles. The van der Waals surface area contributed by atoms with Crippen molar-refractivity contribution in [1.82, 2.24) is 0 Å². The van der Waals surface area contributed by atoms with Gasteiger partial charge in [-0.3, -0.25) is 0 Å². The van der Waals surface area contributed by atoms with E-state index in [2.05, 4.69) is 15.9 Å². The first-order valence-electron chi connectivity index (χ1n) is 5.57. The first-order valence-corrected chi connectivity index (χ1v) is 7.55. The molecule has 0 saturated carbocycles. The standard InChI is InChI=1S/C13H12BrClFNOS/c1-7-8(2-9(5-17)19-7)6-18-13-4-12(16)11(15)3-10(13)14/h2-4H,5-6,17H2,1H3. The first kappa shape index (κ1) is 14.8. The Morgan fingerprint density at radius 1 is 1.42 bits per heavy atom. The summed E-state index contributed by atoms with van der Waals surface area (Å²) in [5, 5.41) is 0.0661. The molecule has 0 fully saturated rings. The Morgan fingerprint density at radius 3 is 2.79 bits per heavy atom. The van der Waals surface area contributed by atoms with Gasteiger partial charge in [0.05, 0.1) is 9.50 Å². The van der Waals surface area contributed by atoms with Crippen LogP contribution in [0.15, 0.2) is 22.7 Å². The number of halogens is 3. The minimum absolute atomic E-state index is 0.0661. The van der Waals surface area contributed by atoms with E-state index in [4.69, 9.17) is 22.1 Å². The highest BCUT2D eigenvalue weighted by Crippen LogP contribution is 2.31. The van der Waals surface area contributed by atoms with Crippen molar-refractivity contribution < 1.29 is 9.13 Å². The summed E-state index contributed by atoms with van der Waals surface area (Å²) in [6.45, 7) is 2.91. The third-order valence-corrected chi connectivity index (χ3v) is 4.66. The van der Waals surface area contributed by atoms with Crippen molar-refractivity contribution in [2.24, 2.45) is 5.73 Å². The van der Waals surface area contributed by atoms with Crippen LogP contribution < -0.4 is 10.5 Å². The zero-order valence-corrected chi connectivity index (χ0v) is 13.3. The number of aryl methyl sites for hydroxylation is 1. The second-order valence-electron chi connectivity index (χ2n) is 3.98. The fraction of sp³-hybridized carbons (Fsp3) is 0.231. The molecule has 0 aliphatic heterocycles. The van der Waals surface area contributed by atoms with Gasteiger partial charge in [0.25, 0.3) is 0 Å². The summed E-state index contributed by atoms with van der Waals surface area (Å²) in [6.07, 6.45) is 0. The van der Waals surface area contributed by atoms with E-state index in [1.807, 2.05) is 13.0 Å². The van der Waals surface area contributed by atoms with E-state index >= 15 is 0 Å². The molecule has 0 spiro atoms. The topological polar surface area (TPSA) is 35.2 Å². The molecule has 0 aliphatic carbocycles. The quantitative estimate of drug-likeness (QED) is 0.802.